The van der Waals surface area contributed by atoms with E-state index in [0.717, 1.165) is 12.1 Å². The van der Waals surface area contributed by atoms with Crippen molar-refractivity contribution in [3.8, 4) is 0 Å². The summed E-state index contributed by atoms with van der Waals surface area (Å²) in [5, 5.41) is 14.6. The number of hydrogen-bond donors (Lipinski definition) is 3. The van der Waals surface area contributed by atoms with Crippen molar-refractivity contribution in [3.63, 3.8) is 0 Å². The fraction of sp³-hybridized carbons (Fsp3) is 0. The van der Waals surface area contributed by atoms with Gasteiger partial charge in [-0.2, -0.15) is 5.10 Å². The maximum Gasteiger partial charge on any atom is 0.335 e. The van der Waals surface area contributed by atoms with Crippen molar-refractivity contribution in [3.05, 3.63) is 42.0 Å². The number of aromatic nitrogens is 2. The standard InChI is InChI=1S/C10H8FN3O4S/c11-8-3-6(10(15)16)1-2-9(8)19(17,18)14-7-4-12-13-5-7/h1-5,14H,(H,12,13)(H,15,16). The highest BCUT2D eigenvalue weighted by Gasteiger charge is 2.20. The lowest BCUT2D eigenvalue weighted by Crippen LogP contribution is -2.14. The van der Waals surface area contributed by atoms with E-state index in [1.54, 1.807) is 0 Å². The number of aromatic carboxylic acids is 1. The molecule has 0 radical (unpaired) electrons. The van der Waals surface area contributed by atoms with E-state index in [-0.39, 0.29) is 11.3 Å². The van der Waals surface area contributed by atoms with Crippen molar-refractivity contribution in [1.29, 1.82) is 0 Å². The Balaban J connectivity index is 2.38. The molecule has 7 nitrogen and oxygen atoms in total. The molecular formula is C10H8FN3O4S. The molecule has 0 atom stereocenters. The first-order valence-electron chi connectivity index (χ1n) is 4.94. The lowest BCUT2D eigenvalue weighted by atomic mass is 10.2. The summed E-state index contributed by atoms with van der Waals surface area (Å²) in [6, 6.07) is 2.54. The summed E-state index contributed by atoms with van der Waals surface area (Å²) in [5.41, 5.74) is -0.193. The lowest BCUT2D eigenvalue weighted by molar-refractivity contribution is 0.0696. The Morgan fingerprint density at radius 1 is 1.42 bits per heavy atom. The van der Waals surface area contributed by atoms with E-state index in [1.807, 2.05) is 0 Å². The Kier molecular flexibility index (Phi) is 3.21. The van der Waals surface area contributed by atoms with Crippen LogP contribution in [0.25, 0.3) is 0 Å². The molecule has 0 spiro atoms. The van der Waals surface area contributed by atoms with Gasteiger partial charge in [0.2, 0.25) is 0 Å². The quantitative estimate of drug-likeness (QED) is 0.777. The minimum Gasteiger partial charge on any atom is -0.478 e. The molecule has 0 saturated heterocycles. The molecule has 9 heteroatoms. The van der Waals surface area contributed by atoms with Gasteiger partial charge in [-0.15, -0.1) is 0 Å². The second-order valence-electron chi connectivity index (χ2n) is 3.54. The Morgan fingerprint density at radius 3 is 2.68 bits per heavy atom. The predicted octanol–water partition coefficient (Wildman–Crippen LogP) is 1.05. The zero-order valence-electron chi connectivity index (χ0n) is 9.29. The Hall–Kier alpha value is -2.42. The van der Waals surface area contributed by atoms with E-state index in [9.17, 15) is 17.6 Å². The van der Waals surface area contributed by atoms with Gasteiger partial charge in [-0.05, 0) is 18.2 Å². The fourth-order valence-electron chi connectivity index (χ4n) is 1.37. The van der Waals surface area contributed by atoms with Crippen LogP contribution in [0.2, 0.25) is 0 Å². The molecule has 0 aliphatic rings. The smallest absolute Gasteiger partial charge is 0.335 e. The van der Waals surface area contributed by atoms with Gasteiger partial charge in [0.1, 0.15) is 10.7 Å². The van der Waals surface area contributed by atoms with Crippen LogP contribution in [0.1, 0.15) is 10.4 Å². The van der Waals surface area contributed by atoms with Crippen molar-refractivity contribution in [2.24, 2.45) is 0 Å². The van der Waals surface area contributed by atoms with Gasteiger partial charge in [0.05, 0.1) is 17.4 Å². The van der Waals surface area contributed by atoms with Crippen LogP contribution in [0.15, 0.2) is 35.5 Å². The molecule has 1 heterocycles. The maximum atomic E-state index is 13.6. The summed E-state index contributed by atoms with van der Waals surface area (Å²) in [6.07, 6.45) is 2.49. The van der Waals surface area contributed by atoms with Gasteiger partial charge < -0.3 is 5.11 Å². The van der Waals surface area contributed by atoms with Gasteiger partial charge in [-0.25, -0.2) is 17.6 Å². The number of carboxylic acid groups (broad SMARTS) is 1. The summed E-state index contributed by atoms with van der Waals surface area (Å²) < 4.78 is 39.4. The summed E-state index contributed by atoms with van der Waals surface area (Å²) in [6.45, 7) is 0. The monoisotopic (exact) mass is 285 g/mol. The lowest BCUT2D eigenvalue weighted by Gasteiger charge is -2.07. The summed E-state index contributed by atoms with van der Waals surface area (Å²) >= 11 is 0. The van der Waals surface area contributed by atoms with Gasteiger partial charge in [0, 0.05) is 6.20 Å². The number of rotatable bonds is 4. The largest absolute Gasteiger partial charge is 0.478 e. The molecule has 0 fully saturated rings. The molecule has 0 bridgehead atoms. The molecule has 1 aromatic carbocycles. The van der Waals surface area contributed by atoms with Crippen LogP contribution in [0.3, 0.4) is 0 Å². The molecule has 0 unspecified atom stereocenters. The Bertz CT molecular complexity index is 712. The minimum absolute atomic E-state index is 0.140. The van der Waals surface area contributed by atoms with Crippen molar-refractivity contribution >= 4 is 21.7 Å². The third-order valence-corrected chi connectivity index (χ3v) is 3.63. The summed E-state index contributed by atoms with van der Waals surface area (Å²) in [7, 11) is -4.13. The number of halogens is 1. The highest BCUT2D eigenvalue weighted by atomic mass is 32.2. The summed E-state index contributed by atoms with van der Waals surface area (Å²) in [4.78, 5) is 9.99. The van der Waals surface area contributed by atoms with E-state index in [0.29, 0.717) is 6.07 Å². The first kappa shape index (κ1) is 13.0. The van der Waals surface area contributed by atoms with Gasteiger partial charge in [-0.1, -0.05) is 0 Å². The van der Waals surface area contributed by atoms with Crippen LogP contribution in [0, 0.1) is 5.82 Å². The van der Waals surface area contributed by atoms with Gasteiger partial charge in [0.15, 0.2) is 0 Å². The number of carboxylic acids is 1. The number of H-pyrrole nitrogens is 1. The number of hydrogen-bond acceptors (Lipinski definition) is 4. The summed E-state index contributed by atoms with van der Waals surface area (Å²) in [5.74, 6) is -2.48. The number of carbonyl (C=O) groups is 1. The SMILES string of the molecule is O=C(O)c1ccc(S(=O)(=O)Nc2cn[nH]c2)c(F)c1. The van der Waals surface area contributed by atoms with Gasteiger partial charge in [0.25, 0.3) is 10.0 Å². The molecule has 2 rings (SSSR count). The van der Waals surface area contributed by atoms with Gasteiger partial charge in [-0.3, -0.25) is 9.82 Å². The van der Waals surface area contributed by atoms with E-state index in [4.69, 9.17) is 5.11 Å². The number of nitrogens with one attached hydrogen (secondary N) is 2. The normalized spacial score (nSPS) is 11.2. The number of nitrogens with zero attached hydrogens (tertiary/aromatic N) is 1. The van der Waals surface area contributed by atoms with E-state index < -0.39 is 26.7 Å². The first-order valence-corrected chi connectivity index (χ1v) is 6.43. The molecule has 19 heavy (non-hydrogen) atoms. The van der Waals surface area contributed by atoms with Crippen LogP contribution < -0.4 is 4.72 Å². The molecule has 100 valence electrons. The molecule has 1 aromatic heterocycles. The second kappa shape index (κ2) is 4.69. The number of sulfonamides is 1. The number of anilines is 1. The van der Waals surface area contributed by atoms with Gasteiger partial charge >= 0.3 is 5.97 Å². The molecule has 0 amide bonds. The minimum atomic E-state index is -4.13. The van der Waals surface area contributed by atoms with Crippen molar-refractivity contribution in [2.45, 2.75) is 4.90 Å². The highest BCUT2D eigenvalue weighted by molar-refractivity contribution is 7.92. The van der Waals surface area contributed by atoms with E-state index in [2.05, 4.69) is 14.9 Å². The third kappa shape index (κ3) is 2.71. The van der Waals surface area contributed by atoms with E-state index >= 15 is 0 Å². The van der Waals surface area contributed by atoms with Crippen LogP contribution in [0.4, 0.5) is 10.1 Å². The van der Waals surface area contributed by atoms with Crippen LogP contribution in [-0.4, -0.2) is 29.7 Å². The predicted molar refractivity (Wildman–Crippen MR) is 62.8 cm³/mol. The number of benzene rings is 1. The molecule has 3 N–H and O–H groups in total. The Morgan fingerprint density at radius 2 is 2.16 bits per heavy atom. The van der Waals surface area contributed by atoms with Crippen molar-refractivity contribution < 1.29 is 22.7 Å². The highest BCUT2D eigenvalue weighted by Crippen LogP contribution is 2.19. The fourth-order valence-corrected chi connectivity index (χ4v) is 2.46. The van der Waals surface area contributed by atoms with Crippen LogP contribution >= 0.6 is 0 Å². The zero-order valence-corrected chi connectivity index (χ0v) is 10.1. The van der Waals surface area contributed by atoms with Crippen molar-refractivity contribution in [1.82, 2.24) is 10.2 Å². The maximum absolute atomic E-state index is 13.6. The van der Waals surface area contributed by atoms with Crippen molar-refractivity contribution in [2.75, 3.05) is 4.72 Å². The molecule has 0 saturated carbocycles. The molecule has 0 aliphatic heterocycles. The first-order chi connectivity index (χ1) is 8.90. The van der Waals surface area contributed by atoms with Crippen LogP contribution in [0.5, 0.6) is 0 Å². The average molecular weight is 285 g/mol. The topological polar surface area (TPSA) is 112 Å². The van der Waals surface area contributed by atoms with Crippen LogP contribution in [-0.2, 0) is 10.0 Å². The second-order valence-corrected chi connectivity index (χ2v) is 5.19. The average Bonchev–Trinajstić information content (AvgIpc) is 2.80. The molecule has 0 aliphatic carbocycles. The third-order valence-electron chi connectivity index (χ3n) is 2.22. The molecule has 2 aromatic rings. The van der Waals surface area contributed by atoms with E-state index in [1.165, 1.54) is 12.4 Å². The Labute approximate surface area is 107 Å². The number of aromatic amines is 1. The molecular weight excluding hydrogens is 277 g/mol. The zero-order chi connectivity index (χ0) is 14.0.